The fraction of sp³-hybridized carbons (Fsp3) is 0.231. The van der Waals surface area contributed by atoms with Crippen molar-refractivity contribution in [3.63, 3.8) is 0 Å². The number of nitrogens with zero attached hydrogens (tertiary/aromatic N) is 5. The third-order valence-corrected chi connectivity index (χ3v) is 8.35. The highest BCUT2D eigenvalue weighted by Gasteiger charge is 2.33. The minimum Gasteiger partial charge on any atom is -0.342 e. The average Bonchev–Trinajstić information content (AvgIpc) is 3.34. The molecular weight excluding hydrogens is 563 g/mol. The van der Waals surface area contributed by atoms with E-state index in [9.17, 15) is 8.42 Å². The van der Waals surface area contributed by atoms with Crippen molar-refractivity contribution in [2.24, 2.45) is 14.6 Å². The van der Waals surface area contributed by atoms with Crippen LogP contribution in [-0.2, 0) is 10.2 Å². The summed E-state index contributed by atoms with van der Waals surface area (Å²) < 4.78 is 29.4. The second-order valence-corrected chi connectivity index (χ2v) is 12.1. The van der Waals surface area contributed by atoms with Crippen LogP contribution in [0.2, 0.25) is 10.0 Å². The second-order valence-electron chi connectivity index (χ2n) is 8.76. The molecule has 0 aliphatic carbocycles. The molecule has 12 heteroatoms. The van der Waals surface area contributed by atoms with Crippen LogP contribution in [0.1, 0.15) is 17.0 Å². The Balaban J connectivity index is 1.68. The summed E-state index contributed by atoms with van der Waals surface area (Å²) in [5.41, 5.74) is 2.99. The smallest absolute Gasteiger partial charge is 0.276 e. The van der Waals surface area contributed by atoms with Gasteiger partial charge in [0.1, 0.15) is 0 Å². The van der Waals surface area contributed by atoms with E-state index in [0.717, 1.165) is 26.0 Å². The Labute approximate surface area is 238 Å². The number of hydrogen-bond donors (Lipinski definition) is 1. The molecule has 0 aromatic heterocycles. The van der Waals surface area contributed by atoms with Gasteiger partial charge < -0.3 is 4.90 Å². The standard InChI is InChI=1S/C26H28Cl2N6O2S2/c1-32(16-17-33(2)38(29,35)36)26(31-37-23-14-12-22(28)13-15-23)34-18-24(19-6-4-3-5-7-19)25(30-34)20-8-10-21(27)11-9-20/h3-15,24H,16-18H2,1-2H3,(H2,29,35,36)/b31-26+/t24-/m0/s1. The number of benzene rings is 3. The van der Waals surface area contributed by atoms with Crippen molar-refractivity contribution >= 4 is 57.0 Å². The van der Waals surface area contributed by atoms with Gasteiger partial charge in [-0.15, -0.1) is 0 Å². The number of hydrazone groups is 1. The average molecular weight is 592 g/mol. The largest absolute Gasteiger partial charge is 0.342 e. The summed E-state index contributed by atoms with van der Waals surface area (Å²) in [6.07, 6.45) is 0. The molecule has 38 heavy (non-hydrogen) atoms. The van der Waals surface area contributed by atoms with Crippen LogP contribution in [0, 0.1) is 0 Å². The Hall–Kier alpha value is -2.60. The Morgan fingerprint density at radius 2 is 1.61 bits per heavy atom. The summed E-state index contributed by atoms with van der Waals surface area (Å²) in [5, 5.41) is 13.5. The van der Waals surface area contributed by atoms with Gasteiger partial charge in [-0.25, -0.2) is 10.1 Å². The number of guanidine groups is 1. The monoisotopic (exact) mass is 590 g/mol. The normalized spacial score (nSPS) is 16.2. The van der Waals surface area contributed by atoms with Gasteiger partial charge in [0.25, 0.3) is 10.2 Å². The van der Waals surface area contributed by atoms with Crippen molar-refractivity contribution in [1.82, 2.24) is 14.2 Å². The van der Waals surface area contributed by atoms with Gasteiger partial charge in [0, 0.05) is 60.0 Å². The molecule has 0 saturated carbocycles. The maximum atomic E-state index is 11.7. The highest BCUT2D eigenvalue weighted by molar-refractivity contribution is 7.98. The van der Waals surface area contributed by atoms with E-state index < -0.39 is 10.2 Å². The maximum Gasteiger partial charge on any atom is 0.276 e. The number of hydrogen-bond acceptors (Lipinski definition) is 5. The number of likely N-dealkylation sites (N-methyl/N-ethyl adjacent to an activating group) is 2. The van der Waals surface area contributed by atoms with Crippen LogP contribution in [0.15, 0.2) is 93.3 Å². The van der Waals surface area contributed by atoms with Crippen molar-refractivity contribution in [2.45, 2.75) is 10.8 Å². The molecule has 1 aliphatic rings. The number of nitrogens with two attached hydrogens (primary N) is 1. The molecule has 0 unspecified atom stereocenters. The van der Waals surface area contributed by atoms with E-state index in [4.69, 9.17) is 37.8 Å². The summed E-state index contributed by atoms with van der Waals surface area (Å²) in [5.74, 6) is 0.571. The van der Waals surface area contributed by atoms with E-state index in [0.29, 0.717) is 29.1 Å². The summed E-state index contributed by atoms with van der Waals surface area (Å²) in [4.78, 5) is 2.78. The fourth-order valence-electron chi connectivity index (χ4n) is 3.88. The number of halogens is 2. The molecule has 1 atom stereocenters. The maximum absolute atomic E-state index is 11.7. The first-order chi connectivity index (χ1) is 18.1. The lowest BCUT2D eigenvalue weighted by atomic mass is 9.91. The lowest BCUT2D eigenvalue weighted by Gasteiger charge is -2.28. The highest BCUT2D eigenvalue weighted by atomic mass is 35.5. The molecule has 0 amide bonds. The molecule has 0 saturated heterocycles. The van der Waals surface area contributed by atoms with Gasteiger partial charge in [0.05, 0.1) is 12.3 Å². The van der Waals surface area contributed by atoms with Crippen LogP contribution < -0.4 is 5.14 Å². The zero-order valence-electron chi connectivity index (χ0n) is 20.9. The molecule has 200 valence electrons. The number of rotatable bonds is 8. The fourth-order valence-corrected chi connectivity index (χ4v) is 5.14. The molecule has 3 aromatic rings. The Morgan fingerprint density at radius 1 is 1.00 bits per heavy atom. The van der Waals surface area contributed by atoms with E-state index in [-0.39, 0.29) is 12.5 Å². The van der Waals surface area contributed by atoms with E-state index in [1.165, 1.54) is 19.0 Å². The van der Waals surface area contributed by atoms with Crippen LogP contribution in [-0.4, -0.2) is 68.0 Å². The predicted molar refractivity (Wildman–Crippen MR) is 157 cm³/mol. The Bertz CT molecular complexity index is 1400. The quantitative estimate of drug-likeness (QED) is 0.228. The lowest BCUT2D eigenvalue weighted by Crippen LogP contribution is -2.44. The molecule has 4 rings (SSSR count). The molecule has 3 aromatic carbocycles. The first kappa shape index (κ1) is 28.4. The van der Waals surface area contributed by atoms with Crippen molar-refractivity contribution in [3.8, 4) is 0 Å². The van der Waals surface area contributed by atoms with Crippen LogP contribution in [0.4, 0.5) is 0 Å². The summed E-state index contributed by atoms with van der Waals surface area (Å²) >= 11 is 13.5. The first-order valence-corrected chi connectivity index (χ1v) is 14.8. The lowest BCUT2D eigenvalue weighted by molar-refractivity contribution is 0.350. The van der Waals surface area contributed by atoms with E-state index in [2.05, 4.69) is 12.1 Å². The van der Waals surface area contributed by atoms with Crippen LogP contribution in [0.3, 0.4) is 0 Å². The van der Waals surface area contributed by atoms with Gasteiger partial charge >= 0.3 is 0 Å². The van der Waals surface area contributed by atoms with E-state index in [1.807, 2.05) is 83.7 Å². The molecular formula is C26H28Cl2N6O2S2. The molecule has 0 radical (unpaired) electrons. The Morgan fingerprint density at radius 3 is 2.21 bits per heavy atom. The zero-order valence-corrected chi connectivity index (χ0v) is 24.1. The summed E-state index contributed by atoms with van der Waals surface area (Å²) in [7, 11) is -0.501. The van der Waals surface area contributed by atoms with Gasteiger partial charge in [-0.2, -0.15) is 22.2 Å². The minimum atomic E-state index is -3.80. The second kappa shape index (κ2) is 12.5. The molecule has 0 bridgehead atoms. The van der Waals surface area contributed by atoms with Crippen molar-refractivity contribution in [2.75, 3.05) is 33.7 Å². The van der Waals surface area contributed by atoms with Crippen molar-refractivity contribution in [3.05, 3.63) is 100 Å². The Kier molecular flexibility index (Phi) is 9.35. The zero-order chi connectivity index (χ0) is 27.3. The third kappa shape index (κ3) is 7.28. The molecule has 2 N–H and O–H groups in total. The molecule has 1 aliphatic heterocycles. The first-order valence-electron chi connectivity index (χ1n) is 11.7. The molecule has 1 heterocycles. The summed E-state index contributed by atoms with van der Waals surface area (Å²) in [6.45, 7) is 1.09. The minimum absolute atomic E-state index is 0.0106. The predicted octanol–water partition coefficient (Wildman–Crippen LogP) is 4.93. The van der Waals surface area contributed by atoms with E-state index in [1.54, 1.807) is 0 Å². The topological polar surface area (TPSA) is 94.6 Å². The van der Waals surface area contributed by atoms with Gasteiger partial charge in [0.15, 0.2) is 0 Å². The summed E-state index contributed by atoms with van der Waals surface area (Å²) in [6, 6.07) is 25.2. The molecule has 8 nitrogen and oxygen atoms in total. The van der Waals surface area contributed by atoms with Crippen LogP contribution in [0.25, 0.3) is 0 Å². The highest BCUT2D eigenvalue weighted by Crippen LogP contribution is 2.31. The molecule has 0 spiro atoms. The van der Waals surface area contributed by atoms with Gasteiger partial charge in [-0.05, 0) is 47.5 Å². The SMILES string of the molecule is CN(CCN(C)S(N)(=O)=O)/C(=N\Sc1ccc(Cl)cc1)N1C[C@@H](c2ccccc2)C(c2ccc(Cl)cc2)=N1. The third-order valence-electron chi connectivity index (χ3n) is 6.06. The van der Waals surface area contributed by atoms with Crippen molar-refractivity contribution < 1.29 is 8.42 Å². The molecule has 0 fully saturated rings. The van der Waals surface area contributed by atoms with Crippen molar-refractivity contribution in [1.29, 1.82) is 0 Å². The van der Waals surface area contributed by atoms with Crippen LogP contribution >= 0.6 is 35.1 Å². The van der Waals surface area contributed by atoms with E-state index >= 15 is 0 Å². The van der Waals surface area contributed by atoms with Gasteiger partial charge in [-0.1, -0.05) is 65.7 Å². The van der Waals surface area contributed by atoms with Gasteiger partial charge in [-0.3, -0.25) is 0 Å². The van der Waals surface area contributed by atoms with Crippen LogP contribution in [0.5, 0.6) is 0 Å². The van der Waals surface area contributed by atoms with Gasteiger partial charge in [0.2, 0.25) is 5.96 Å².